The van der Waals surface area contributed by atoms with Crippen molar-refractivity contribution < 1.29 is 23.8 Å². The molecular weight excluding hydrogens is 396 g/mol. The lowest BCUT2D eigenvalue weighted by Crippen LogP contribution is -2.43. The molecule has 0 saturated carbocycles. The van der Waals surface area contributed by atoms with Crippen molar-refractivity contribution >= 4 is 23.5 Å². The Morgan fingerprint density at radius 1 is 1.17 bits per heavy atom. The van der Waals surface area contributed by atoms with Crippen molar-refractivity contribution in [2.75, 3.05) is 20.3 Å². The molecule has 2 aliphatic rings. The topological polar surface area (TPSA) is 77.1 Å². The number of carbonyl (C=O) groups is 2. The van der Waals surface area contributed by atoms with Gasteiger partial charge in [0, 0.05) is 0 Å². The van der Waals surface area contributed by atoms with E-state index in [4.69, 9.17) is 25.8 Å². The molecule has 1 N–H and O–H groups in total. The van der Waals surface area contributed by atoms with Crippen LogP contribution in [0.15, 0.2) is 36.4 Å². The first kappa shape index (κ1) is 19.4. The Morgan fingerprint density at radius 3 is 2.59 bits per heavy atom. The summed E-state index contributed by atoms with van der Waals surface area (Å²) < 4.78 is 16.3. The Labute approximate surface area is 173 Å². The molecule has 0 aliphatic carbocycles. The van der Waals surface area contributed by atoms with Crippen LogP contribution in [0.4, 0.5) is 4.79 Å². The number of ether oxygens (including phenoxy) is 3. The van der Waals surface area contributed by atoms with E-state index >= 15 is 0 Å². The Balaban J connectivity index is 1.63. The number of benzene rings is 2. The molecule has 2 heterocycles. The fourth-order valence-electron chi connectivity index (χ4n) is 3.72. The van der Waals surface area contributed by atoms with E-state index in [9.17, 15) is 9.59 Å². The molecule has 0 radical (unpaired) electrons. The van der Waals surface area contributed by atoms with Crippen molar-refractivity contribution in [3.05, 3.63) is 52.5 Å². The number of halogens is 1. The van der Waals surface area contributed by atoms with Crippen molar-refractivity contribution in [1.82, 2.24) is 10.2 Å². The number of carbonyl (C=O) groups excluding carboxylic acids is 2. The van der Waals surface area contributed by atoms with E-state index in [1.165, 1.54) is 4.90 Å². The molecule has 1 saturated heterocycles. The van der Waals surface area contributed by atoms with E-state index in [0.29, 0.717) is 53.0 Å². The normalized spacial score (nSPS) is 20.6. The van der Waals surface area contributed by atoms with Crippen LogP contribution in [0.25, 0.3) is 0 Å². The quantitative estimate of drug-likeness (QED) is 0.755. The minimum Gasteiger partial charge on any atom is -0.497 e. The standard InChI is InChI=1S/C21H21ClN2O5/c1-3-21(14-4-6-15(27-2)7-5-14)19(25)24(20(26)23-21)12-13-10-16(22)18-17(11-13)28-8-9-29-18/h4-7,10-11H,3,8-9,12H2,1-2H3,(H,23,26)/t21-/m0/s1. The van der Waals surface area contributed by atoms with Crippen LogP contribution < -0.4 is 19.5 Å². The van der Waals surface area contributed by atoms with Gasteiger partial charge in [-0.25, -0.2) is 4.79 Å². The molecule has 8 heteroatoms. The minimum absolute atomic E-state index is 0.0823. The smallest absolute Gasteiger partial charge is 0.325 e. The molecule has 4 rings (SSSR count). The summed E-state index contributed by atoms with van der Waals surface area (Å²) in [7, 11) is 1.58. The maximum Gasteiger partial charge on any atom is 0.325 e. The van der Waals surface area contributed by atoms with Gasteiger partial charge in [0.05, 0.1) is 18.7 Å². The molecule has 0 aromatic heterocycles. The van der Waals surface area contributed by atoms with E-state index in [-0.39, 0.29) is 12.5 Å². The molecule has 152 valence electrons. The number of hydrogen-bond donors (Lipinski definition) is 1. The van der Waals surface area contributed by atoms with Gasteiger partial charge in [-0.1, -0.05) is 30.7 Å². The van der Waals surface area contributed by atoms with E-state index in [1.807, 2.05) is 6.92 Å². The van der Waals surface area contributed by atoms with Gasteiger partial charge in [0.1, 0.15) is 24.5 Å². The van der Waals surface area contributed by atoms with Crippen molar-refractivity contribution in [2.45, 2.75) is 25.4 Å². The number of fused-ring (bicyclic) bond motifs is 1. The van der Waals surface area contributed by atoms with E-state index in [2.05, 4.69) is 5.32 Å². The zero-order valence-electron chi connectivity index (χ0n) is 16.2. The minimum atomic E-state index is -1.11. The number of amides is 3. The van der Waals surface area contributed by atoms with Crippen LogP contribution in [-0.4, -0.2) is 37.2 Å². The van der Waals surface area contributed by atoms with Gasteiger partial charge in [-0.15, -0.1) is 0 Å². The van der Waals surface area contributed by atoms with E-state index in [0.717, 1.165) is 0 Å². The summed E-state index contributed by atoms with van der Waals surface area (Å²) in [6.07, 6.45) is 0.419. The molecule has 1 atom stereocenters. The van der Waals surface area contributed by atoms with Crippen LogP contribution >= 0.6 is 11.6 Å². The summed E-state index contributed by atoms with van der Waals surface area (Å²) in [6.45, 7) is 2.80. The molecule has 2 aromatic rings. The fourth-order valence-corrected chi connectivity index (χ4v) is 4.01. The predicted octanol–water partition coefficient (Wildman–Crippen LogP) is 3.48. The third-order valence-electron chi connectivity index (χ3n) is 5.29. The number of hydrogen-bond acceptors (Lipinski definition) is 5. The van der Waals surface area contributed by atoms with Gasteiger partial charge in [0.2, 0.25) is 0 Å². The molecule has 7 nitrogen and oxygen atoms in total. The molecule has 29 heavy (non-hydrogen) atoms. The highest BCUT2D eigenvalue weighted by molar-refractivity contribution is 6.32. The van der Waals surface area contributed by atoms with Crippen molar-refractivity contribution in [3.8, 4) is 17.2 Å². The Hall–Kier alpha value is -2.93. The summed E-state index contributed by atoms with van der Waals surface area (Å²) in [4.78, 5) is 27.2. The van der Waals surface area contributed by atoms with Gasteiger partial charge < -0.3 is 19.5 Å². The first-order valence-electron chi connectivity index (χ1n) is 9.35. The van der Waals surface area contributed by atoms with Crippen LogP contribution in [0.5, 0.6) is 17.2 Å². The average molecular weight is 417 g/mol. The molecule has 0 unspecified atom stereocenters. The van der Waals surface area contributed by atoms with E-state index in [1.54, 1.807) is 43.5 Å². The number of imide groups is 1. The number of nitrogens with one attached hydrogen (secondary N) is 1. The fraction of sp³-hybridized carbons (Fsp3) is 0.333. The van der Waals surface area contributed by atoms with Crippen LogP contribution in [0.1, 0.15) is 24.5 Å². The Bertz CT molecular complexity index is 962. The molecule has 2 aliphatic heterocycles. The zero-order chi connectivity index (χ0) is 20.6. The molecule has 0 bridgehead atoms. The average Bonchev–Trinajstić information content (AvgIpc) is 2.99. The predicted molar refractivity (Wildman–Crippen MR) is 106 cm³/mol. The monoisotopic (exact) mass is 416 g/mol. The van der Waals surface area contributed by atoms with Gasteiger partial charge >= 0.3 is 6.03 Å². The Kier molecular flexibility index (Phi) is 5.00. The highest BCUT2D eigenvalue weighted by Crippen LogP contribution is 2.39. The summed E-state index contributed by atoms with van der Waals surface area (Å²) in [5, 5.41) is 3.27. The lowest BCUT2D eigenvalue weighted by atomic mass is 9.87. The van der Waals surface area contributed by atoms with Crippen LogP contribution in [0.2, 0.25) is 5.02 Å². The summed E-state index contributed by atoms with van der Waals surface area (Å²) >= 11 is 6.29. The lowest BCUT2D eigenvalue weighted by Gasteiger charge is -2.26. The number of methoxy groups -OCH3 is 1. The van der Waals surface area contributed by atoms with Crippen molar-refractivity contribution in [3.63, 3.8) is 0 Å². The highest BCUT2D eigenvalue weighted by atomic mass is 35.5. The molecule has 3 amide bonds. The van der Waals surface area contributed by atoms with E-state index < -0.39 is 11.6 Å². The Morgan fingerprint density at radius 2 is 1.90 bits per heavy atom. The first-order valence-corrected chi connectivity index (χ1v) is 9.73. The number of rotatable bonds is 5. The van der Waals surface area contributed by atoms with Gasteiger partial charge in [-0.05, 0) is 41.8 Å². The van der Waals surface area contributed by atoms with Crippen molar-refractivity contribution in [2.24, 2.45) is 0 Å². The lowest BCUT2D eigenvalue weighted by molar-refractivity contribution is -0.132. The van der Waals surface area contributed by atoms with Crippen LogP contribution in [-0.2, 0) is 16.9 Å². The van der Waals surface area contributed by atoms with Gasteiger partial charge in [0.25, 0.3) is 5.91 Å². The molecule has 2 aromatic carbocycles. The van der Waals surface area contributed by atoms with Gasteiger partial charge in [-0.2, -0.15) is 0 Å². The second kappa shape index (κ2) is 7.48. The highest BCUT2D eigenvalue weighted by Gasteiger charge is 2.51. The molecular formula is C21H21ClN2O5. The third-order valence-corrected chi connectivity index (χ3v) is 5.57. The largest absolute Gasteiger partial charge is 0.497 e. The van der Waals surface area contributed by atoms with Crippen molar-refractivity contribution in [1.29, 1.82) is 0 Å². The zero-order valence-corrected chi connectivity index (χ0v) is 16.9. The maximum atomic E-state index is 13.3. The summed E-state index contributed by atoms with van der Waals surface area (Å²) in [5.74, 6) is 1.38. The van der Waals surface area contributed by atoms with Crippen LogP contribution in [0, 0.1) is 0 Å². The SMILES string of the molecule is CC[C@@]1(c2ccc(OC)cc2)NC(=O)N(Cc2cc(Cl)c3c(c2)OCCO3)C1=O. The maximum absolute atomic E-state index is 13.3. The second-order valence-corrected chi connectivity index (χ2v) is 7.32. The third kappa shape index (κ3) is 3.25. The number of urea groups is 1. The summed E-state index contributed by atoms with van der Waals surface area (Å²) in [5.41, 5.74) is 0.285. The van der Waals surface area contributed by atoms with Crippen LogP contribution in [0.3, 0.4) is 0 Å². The molecule has 0 spiro atoms. The second-order valence-electron chi connectivity index (χ2n) is 6.91. The first-order chi connectivity index (χ1) is 14.0. The van der Waals surface area contributed by atoms with Gasteiger partial charge in [0.15, 0.2) is 11.5 Å². The number of nitrogens with zero attached hydrogens (tertiary/aromatic N) is 1. The molecule has 1 fully saturated rings. The summed E-state index contributed by atoms with van der Waals surface area (Å²) in [6, 6.07) is 10.1. The van der Waals surface area contributed by atoms with Gasteiger partial charge in [-0.3, -0.25) is 9.69 Å².